The van der Waals surface area contributed by atoms with Gasteiger partial charge < -0.3 is 9.64 Å². The lowest BCUT2D eigenvalue weighted by atomic mass is 9.47. The second-order valence-corrected chi connectivity index (χ2v) is 9.79. The van der Waals surface area contributed by atoms with Crippen LogP contribution in [0.5, 0.6) is 0 Å². The van der Waals surface area contributed by atoms with Crippen molar-refractivity contribution in [2.24, 2.45) is 28.6 Å². The second-order valence-electron chi connectivity index (χ2n) is 9.79. The van der Waals surface area contributed by atoms with Gasteiger partial charge in [0.25, 0.3) is 0 Å². The zero-order valence-corrected chi connectivity index (χ0v) is 16.9. The molecule has 4 aliphatic rings. The van der Waals surface area contributed by atoms with Gasteiger partial charge in [-0.2, -0.15) is 0 Å². The van der Waals surface area contributed by atoms with Crippen LogP contribution in [0.1, 0.15) is 65.7 Å². The molecule has 1 amide bonds. The van der Waals surface area contributed by atoms with Gasteiger partial charge in [0.15, 0.2) is 0 Å². The van der Waals surface area contributed by atoms with E-state index in [2.05, 4.69) is 20.8 Å². The van der Waals surface area contributed by atoms with Gasteiger partial charge in [-0.3, -0.25) is 4.79 Å². The average molecular weight is 360 g/mol. The normalized spacial score (nSPS) is 45.1. The van der Waals surface area contributed by atoms with E-state index < -0.39 is 0 Å². The fourth-order valence-corrected chi connectivity index (χ4v) is 7.59. The van der Waals surface area contributed by atoms with Crippen molar-refractivity contribution in [3.8, 4) is 0 Å². The Morgan fingerprint density at radius 2 is 1.88 bits per heavy atom. The molecule has 4 rings (SSSR count). The van der Waals surface area contributed by atoms with Crippen molar-refractivity contribution in [1.29, 1.82) is 0 Å². The summed E-state index contributed by atoms with van der Waals surface area (Å²) in [7, 11) is 3.51. The van der Waals surface area contributed by atoms with Crippen LogP contribution in [0.15, 0.2) is 11.1 Å². The molecule has 0 spiro atoms. The van der Waals surface area contributed by atoms with Gasteiger partial charge in [0.05, 0.1) is 7.11 Å². The maximum Gasteiger partial charge on any atom is 0.334 e. The maximum atomic E-state index is 12.5. The predicted octanol–water partition coefficient (Wildman–Crippen LogP) is 3.95. The maximum absolute atomic E-state index is 12.5. The van der Waals surface area contributed by atoms with Gasteiger partial charge in [-0.15, -0.1) is 0 Å². The molecule has 1 heterocycles. The lowest BCUT2D eigenvalue weighted by Gasteiger charge is -2.61. The Labute approximate surface area is 157 Å². The summed E-state index contributed by atoms with van der Waals surface area (Å²) >= 11 is 0. The molecule has 144 valence electrons. The molecule has 2 saturated carbocycles. The molecule has 0 aromatic rings. The zero-order chi connectivity index (χ0) is 18.9. The molecule has 4 nitrogen and oxygen atoms in total. The summed E-state index contributed by atoms with van der Waals surface area (Å²) in [5.74, 6) is 2.08. The Hall–Kier alpha value is -1.32. The number of ether oxygens (including phenoxy) is 1. The van der Waals surface area contributed by atoms with Gasteiger partial charge in [0.1, 0.15) is 0 Å². The number of hydrogen-bond donors (Lipinski definition) is 0. The average Bonchev–Trinajstić information content (AvgIpc) is 2.88. The highest BCUT2D eigenvalue weighted by atomic mass is 16.5. The van der Waals surface area contributed by atoms with Crippen molar-refractivity contribution in [1.82, 2.24) is 4.90 Å². The number of hydrogen-bond acceptors (Lipinski definition) is 3. The first-order valence-corrected chi connectivity index (χ1v) is 10.3. The first-order chi connectivity index (χ1) is 12.2. The molecule has 3 aliphatic carbocycles. The van der Waals surface area contributed by atoms with E-state index in [4.69, 9.17) is 4.74 Å². The van der Waals surface area contributed by atoms with Gasteiger partial charge in [0, 0.05) is 30.5 Å². The first kappa shape index (κ1) is 18.1. The number of likely N-dealkylation sites (tertiary alicyclic amines) is 1. The third-order valence-electron chi connectivity index (χ3n) is 8.86. The van der Waals surface area contributed by atoms with Gasteiger partial charge >= 0.3 is 5.97 Å². The van der Waals surface area contributed by atoms with E-state index in [1.165, 1.54) is 25.5 Å². The summed E-state index contributed by atoms with van der Waals surface area (Å²) < 4.78 is 5.15. The zero-order valence-electron chi connectivity index (χ0n) is 16.9. The number of carbonyl (C=O) groups excluding carboxylic acids is 2. The van der Waals surface area contributed by atoms with Crippen LogP contribution >= 0.6 is 0 Å². The van der Waals surface area contributed by atoms with Crippen molar-refractivity contribution >= 4 is 11.9 Å². The molecule has 3 fully saturated rings. The SMILES string of the molecule is COC(=O)C1=C(C)CC2C3CC[C@H]4N(C)C(=O)CCC4(C)C3CCC12C. The monoisotopic (exact) mass is 359 g/mol. The van der Waals surface area contributed by atoms with Crippen molar-refractivity contribution in [2.45, 2.75) is 71.8 Å². The molecule has 0 N–H and O–H groups in total. The Kier molecular flexibility index (Phi) is 4.06. The minimum atomic E-state index is -0.117. The number of esters is 1. The minimum Gasteiger partial charge on any atom is -0.466 e. The van der Waals surface area contributed by atoms with Crippen LogP contribution in [0.3, 0.4) is 0 Å². The van der Waals surface area contributed by atoms with Gasteiger partial charge in [-0.1, -0.05) is 19.4 Å². The predicted molar refractivity (Wildman–Crippen MR) is 100 cm³/mol. The topological polar surface area (TPSA) is 46.6 Å². The van der Waals surface area contributed by atoms with Gasteiger partial charge in [-0.05, 0) is 68.6 Å². The molecule has 0 bridgehead atoms. The molecular weight excluding hydrogens is 326 g/mol. The van der Waals surface area contributed by atoms with Crippen LogP contribution in [-0.2, 0) is 14.3 Å². The number of fused-ring (bicyclic) bond motifs is 5. The molecule has 0 aromatic carbocycles. The first-order valence-electron chi connectivity index (χ1n) is 10.3. The summed E-state index contributed by atoms with van der Waals surface area (Å²) in [6.07, 6.45) is 7.29. The molecular formula is C22H33NO3. The van der Waals surface area contributed by atoms with Gasteiger partial charge in [0.2, 0.25) is 5.91 Å². The quantitative estimate of drug-likeness (QED) is 0.666. The van der Waals surface area contributed by atoms with E-state index in [1.807, 2.05) is 11.9 Å². The standard InChI is InChI=1S/C22H33NO3/c1-13-12-16-14-6-7-17-21(2,11-9-18(24)23(17)4)15(14)8-10-22(16,3)19(13)20(25)26-5/h14-17H,6-12H2,1-5H3/t14?,15?,16?,17-,21?,22?/m1/s1. The Bertz CT molecular complexity index is 683. The number of amides is 1. The van der Waals surface area contributed by atoms with Crippen molar-refractivity contribution in [3.05, 3.63) is 11.1 Å². The minimum absolute atomic E-state index is 0.0298. The van der Waals surface area contributed by atoms with E-state index >= 15 is 0 Å². The molecule has 0 aromatic heterocycles. The number of nitrogens with zero attached hydrogens (tertiary/aromatic N) is 1. The van der Waals surface area contributed by atoms with E-state index in [-0.39, 0.29) is 16.8 Å². The summed E-state index contributed by atoms with van der Waals surface area (Å²) in [6, 6.07) is 0.393. The fourth-order valence-electron chi connectivity index (χ4n) is 7.59. The van der Waals surface area contributed by atoms with E-state index in [0.717, 1.165) is 31.3 Å². The lowest BCUT2D eigenvalue weighted by molar-refractivity contribution is -0.157. The van der Waals surface area contributed by atoms with Crippen LogP contribution in [0.4, 0.5) is 0 Å². The van der Waals surface area contributed by atoms with E-state index in [9.17, 15) is 9.59 Å². The molecule has 5 unspecified atom stereocenters. The smallest absolute Gasteiger partial charge is 0.334 e. The van der Waals surface area contributed by atoms with Crippen molar-refractivity contribution in [3.63, 3.8) is 0 Å². The summed E-state index contributed by atoms with van der Waals surface area (Å²) in [5, 5.41) is 0. The highest BCUT2D eigenvalue weighted by Crippen LogP contribution is 2.65. The van der Waals surface area contributed by atoms with Crippen LogP contribution in [0, 0.1) is 28.6 Å². The van der Waals surface area contributed by atoms with E-state index in [1.54, 1.807) is 0 Å². The van der Waals surface area contributed by atoms with Crippen LogP contribution < -0.4 is 0 Å². The Morgan fingerprint density at radius 1 is 1.15 bits per heavy atom. The van der Waals surface area contributed by atoms with Gasteiger partial charge in [-0.25, -0.2) is 4.79 Å². The van der Waals surface area contributed by atoms with Crippen molar-refractivity contribution < 1.29 is 14.3 Å². The third kappa shape index (κ3) is 2.20. The molecule has 6 atom stereocenters. The highest BCUT2D eigenvalue weighted by molar-refractivity contribution is 5.91. The molecule has 1 aliphatic heterocycles. The third-order valence-corrected chi connectivity index (χ3v) is 8.86. The highest BCUT2D eigenvalue weighted by Gasteiger charge is 2.61. The lowest BCUT2D eigenvalue weighted by Crippen LogP contribution is -2.61. The van der Waals surface area contributed by atoms with Crippen LogP contribution in [-0.4, -0.2) is 37.0 Å². The van der Waals surface area contributed by atoms with Crippen LogP contribution in [0.2, 0.25) is 0 Å². The molecule has 4 heteroatoms. The van der Waals surface area contributed by atoms with Crippen molar-refractivity contribution in [2.75, 3.05) is 14.2 Å². The second kappa shape index (κ2) is 5.84. The number of allylic oxidation sites excluding steroid dienone is 1. The largest absolute Gasteiger partial charge is 0.466 e. The van der Waals surface area contributed by atoms with Crippen LogP contribution in [0.25, 0.3) is 0 Å². The summed E-state index contributed by atoms with van der Waals surface area (Å²) in [6.45, 7) is 6.88. The Balaban J connectivity index is 1.66. The van der Waals surface area contributed by atoms with E-state index in [0.29, 0.717) is 36.1 Å². The number of rotatable bonds is 1. The molecule has 1 saturated heterocycles. The Morgan fingerprint density at radius 3 is 2.58 bits per heavy atom. The number of carbonyl (C=O) groups is 2. The molecule has 26 heavy (non-hydrogen) atoms. The summed E-state index contributed by atoms with van der Waals surface area (Å²) in [4.78, 5) is 26.8. The molecule has 0 radical (unpaired) electrons. The number of methoxy groups -OCH3 is 1. The fraction of sp³-hybridized carbons (Fsp3) is 0.818. The summed E-state index contributed by atoms with van der Waals surface area (Å²) in [5.41, 5.74) is 2.41. The number of piperidine rings is 1.